The van der Waals surface area contributed by atoms with Gasteiger partial charge in [0.2, 0.25) is 0 Å². The highest BCUT2D eigenvalue weighted by Crippen LogP contribution is 2.37. The number of hydrogen-bond donors (Lipinski definition) is 1. The Labute approximate surface area is 184 Å². The lowest BCUT2D eigenvalue weighted by molar-refractivity contribution is -0.143. The van der Waals surface area contributed by atoms with Crippen molar-refractivity contribution in [3.63, 3.8) is 0 Å². The summed E-state index contributed by atoms with van der Waals surface area (Å²) in [7, 11) is 1.90. The fourth-order valence-electron chi connectivity index (χ4n) is 4.14. The molecule has 7 nitrogen and oxygen atoms in total. The molecule has 1 N–H and O–H groups in total. The van der Waals surface area contributed by atoms with Gasteiger partial charge in [0.15, 0.2) is 0 Å². The Kier molecular flexibility index (Phi) is 4.75. The van der Waals surface area contributed by atoms with Crippen LogP contribution in [0.15, 0.2) is 42.6 Å². The van der Waals surface area contributed by atoms with Crippen LogP contribution < -0.4 is 0 Å². The molecule has 2 aliphatic rings. The van der Waals surface area contributed by atoms with Crippen LogP contribution in [0, 0.1) is 0 Å². The maximum absolute atomic E-state index is 13.0. The normalized spacial score (nSPS) is 17.8. The van der Waals surface area contributed by atoms with Crippen molar-refractivity contribution < 1.29 is 14.7 Å². The van der Waals surface area contributed by atoms with Gasteiger partial charge in [0.05, 0.1) is 11.7 Å². The van der Waals surface area contributed by atoms with Gasteiger partial charge in [-0.2, -0.15) is 5.10 Å². The van der Waals surface area contributed by atoms with E-state index in [1.165, 1.54) is 0 Å². The average molecular weight is 439 g/mol. The second-order valence-corrected chi connectivity index (χ2v) is 8.76. The second kappa shape index (κ2) is 7.35. The lowest BCUT2D eigenvalue weighted by atomic mass is 10.0. The molecule has 2 fully saturated rings. The topological polar surface area (TPSA) is 78.7 Å². The summed E-state index contributed by atoms with van der Waals surface area (Å²) in [5.41, 5.74) is 2.23. The standard InChI is InChI=1S/C23H23ClN4O3/c1-26-20-5-3-15(12-17(20)14-25-26)18-4-2-16(13-19(18)24)21(29)27-8-10-28(11-9-27)22(30)23(31)6-7-23/h2-5,12-14,31H,6-11H2,1H3. The number of benzene rings is 2. The number of aromatic nitrogens is 2. The highest BCUT2D eigenvalue weighted by molar-refractivity contribution is 6.33. The van der Waals surface area contributed by atoms with E-state index < -0.39 is 5.60 Å². The summed E-state index contributed by atoms with van der Waals surface area (Å²) in [6.07, 6.45) is 2.88. The van der Waals surface area contributed by atoms with Crippen molar-refractivity contribution in [1.82, 2.24) is 19.6 Å². The van der Waals surface area contributed by atoms with Gasteiger partial charge < -0.3 is 14.9 Å². The molecule has 160 valence electrons. The van der Waals surface area contributed by atoms with Gasteiger partial charge in [-0.1, -0.05) is 23.7 Å². The van der Waals surface area contributed by atoms with Crippen LogP contribution in [0.25, 0.3) is 22.0 Å². The molecule has 0 radical (unpaired) electrons. The first kappa shape index (κ1) is 20.0. The van der Waals surface area contributed by atoms with Gasteiger partial charge >= 0.3 is 0 Å². The van der Waals surface area contributed by atoms with E-state index in [0.717, 1.165) is 22.0 Å². The summed E-state index contributed by atoms with van der Waals surface area (Å²) < 4.78 is 1.82. The number of fused-ring (bicyclic) bond motifs is 1. The number of aryl methyl sites for hydroxylation is 1. The zero-order chi connectivity index (χ0) is 21.8. The first-order valence-electron chi connectivity index (χ1n) is 10.4. The molecular formula is C23H23ClN4O3. The number of rotatable bonds is 3. The number of nitrogens with zero attached hydrogens (tertiary/aromatic N) is 4. The number of piperazine rings is 1. The summed E-state index contributed by atoms with van der Waals surface area (Å²) in [4.78, 5) is 28.6. The quantitative estimate of drug-likeness (QED) is 0.682. The van der Waals surface area contributed by atoms with Crippen molar-refractivity contribution in [2.45, 2.75) is 18.4 Å². The Hall–Kier alpha value is -2.90. The molecule has 8 heteroatoms. The number of carbonyl (C=O) groups is 2. The predicted molar refractivity (Wildman–Crippen MR) is 118 cm³/mol. The first-order valence-corrected chi connectivity index (χ1v) is 10.8. The van der Waals surface area contributed by atoms with Crippen molar-refractivity contribution in [3.05, 3.63) is 53.2 Å². The minimum Gasteiger partial charge on any atom is -0.380 e. The summed E-state index contributed by atoms with van der Waals surface area (Å²) in [6.45, 7) is 1.75. The van der Waals surface area contributed by atoms with Crippen LogP contribution >= 0.6 is 11.6 Å². The van der Waals surface area contributed by atoms with E-state index in [1.807, 2.05) is 42.2 Å². The van der Waals surface area contributed by atoms with Gasteiger partial charge in [-0.05, 0) is 42.7 Å². The van der Waals surface area contributed by atoms with E-state index >= 15 is 0 Å². The highest BCUT2D eigenvalue weighted by Gasteiger charge is 2.50. The molecular weight excluding hydrogens is 416 g/mol. The fraction of sp³-hybridized carbons (Fsp3) is 0.348. The number of aliphatic hydroxyl groups is 1. The van der Waals surface area contributed by atoms with Gasteiger partial charge in [-0.3, -0.25) is 14.3 Å². The molecule has 0 unspecified atom stereocenters. The minimum atomic E-state index is -1.16. The third-order valence-electron chi connectivity index (χ3n) is 6.25. The summed E-state index contributed by atoms with van der Waals surface area (Å²) in [5, 5.41) is 15.8. The van der Waals surface area contributed by atoms with Crippen LogP contribution in [0.5, 0.6) is 0 Å². The largest absolute Gasteiger partial charge is 0.380 e. The van der Waals surface area contributed by atoms with E-state index in [4.69, 9.17) is 11.6 Å². The van der Waals surface area contributed by atoms with Crippen LogP contribution in [0.4, 0.5) is 0 Å². The van der Waals surface area contributed by atoms with Crippen molar-refractivity contribution in [2.75, 3.05) is 26.2 Å². The zero-order valence-corrected chi connectivity index (χ0v) is 18.0. The molecule has 1 saturated carbocycles. The van der Waals surface area contributed by atoms with Gasteiger partial charge in [0.1, 0.15) is 5.60 Å². The first-order chi connectivity index (χ1) is 14.9. The molecule has 2 aromatic carbocycles. The second-order valence-electron chi connectivity index (χ2n) is 8.35. The molecule has 3 aromatic rings. The van der Waals surface area contributed by atoms with Gasteiger partial charge in [0.25, 0.3) is 11.8 Å². The molecule has 2 heterocycles. The number of halogens is 1. The molecule has 1 saturated heterocycles. The van der Waals surface area contributed by atoms with Gasteiger partial charge in [0, 0.05) is 54.8 Å². The number of carbonyl (C=O) groups excluding carboxylic acids is 2. The molecule has 0 bridgehead atoms. The highest BCUT2D eigenvalue weighted by atomic mass is 35.5. The maximum atomic E-state index is 13.0. The molecule has 1 aliphatic carbocycles. The van der Waals surface area contributed by atoms with E-state index in [2.05, 4.69) is 5.10 Å². The molecule has 5 rings (SSSR count). The van der Waals surface area contributed by atoms with Crippen LogP contribution in [-0.2, 0) is 11.8 Å². The summed E-state index contributed by atoms with van der Waals surface area (Å²) >= 11 is 6.55. The number of amides is 2. The van der Waals surface area contributed by atoms with Gasteiger partial charge in [-0.25, -0.2) is 0 Å². The lowest BCUT2D eigenvalue weighted by Crippen LogP contribution is -2.53. The Morgan fingerprint density at radius 3 is 2.42 bits per heavy atom. The van der Waals surface area contributed by atoms with E-state index in [9.17, 15) is 14.7 Å². The lowest BCUT2D eigenvalue weighted by Gasteiger charge is -2.35. The third-order valence-corrected chi connectivity index (χ3v) is 6.56. The molecule has 0 atom stereocenters. The monoisotopic (exact) mass is 438 g/mol. The van der Waals surface area contributed by atoms with E-state index in [1.54, 1.807) is 21.9 Å². The smallest absolute Gasteiger partial charge is 0.254 e. The van der Waals surface area contributed by atoms with Crippen LogP contribution in [0.1, 0.15) is 23.2 Å². The van der Waals surface area contributed by atoms with Crippen molar-refractivity contribution in [2.24, 2.45) is 7.05 Å². The zero-order valence-electron chi connectivity index (χ0n) is 17.2. The van der Waals surface area contributed by atoms with E-state index in [0.29, 0.717) is 49.6 Å². The Morgan fingerprint density at radius 2 is 1.74 bits per heavy atom. The van der Waals surface area contributed by atoms with Crippen molar-refractivity contribution >= 4 is 34.3 Å². The van der Waals surface area contributed by atoms with Crippen LogP contribution in [0.3, 0.4) is 0 Å². The summed E-state index contributed by atoms with van der Waals surface area (Å²) in [5.74, 6) is -0.314. The molecule has 2 amide bonds. The van der Waals surface area contributed by atoms with E-state index in [-0.39, 0.29) is 11.8 Å². The minimum absolute atomic E-state index is 0.103. The van der Waals surface area contributed by atoms with Gasteiger partial charge in [-0.15, -0.1) is 0 Å². The molecule has 1 aliphatic heterocycles. The molecule has 0 spiro atoms. The Bertz CT molecular complexity index is 1190. The van der Waals surface area contributed by atoms with Crippen LogP contribution in [0.2, 0.25) is 5.02 Å². The Balaban J connectivity index is 1.30. The van der Waals surface area contributed by atoms with Crippen molar-refractivity contribution in [3.8, 4) is 11.1 Å². The van der Waals surface area contributed by atoms with Crippen LogP contribution in [-0.4, -0.2) is 68.3 Å². The fourth-order valence-corrected chi connectivity index (χ4v) is 4.42. The molecule has 31 heavy (non-hydrogen) atoms. The molecule has 1 aromatic heterocycles. The third kappa shape index (κ3) is 3.58. The Morgan fingerprint density at radius 1 is 1.03 bits per heavy atom. The predicted octanol–water partition coefficient (Wildman–Crippen LogP) is 2.70. The SMILES string of the molecule is Cn1ncc2cc(-c3ccc(C(=O)N4CCN(C(=O)C5(O)CC5)CC4)cc3Cl)ccc21. The maximum Gasteiger partial charge on any atom is 0.254 e. The average Bonchev–Trinajstić information content (AvgIpc) is 3.44. The van der Waals surface area contributed by atoms with Crippen molar-refractivity contribution in [1.29, 1.82) is 0 Å². The number of hydrogen-bond acceptors (Lipinski definition) is 4. The summed E-state index contributed by atoms with van der Waals surface area (Å²) in [6, 6.07) is 11.4.